The number of rotatable bonds is 7. The third-order valence-corrected chi connectivity index (χ3v) is 9.68. The Bertz CT molecular complexity index is 916. The molecule has 3 unspecified atom stereocenters. The van der Waals surface area contributed by atoms with Gasteiger partial charge in [0, 0.05) is 34.1 Å². The van der Waals surface area contributed by atoms with Crippen LogP contribution in [0.3, 0.4) is 0 Å². The molecule has 1 aromatic heterocycles. The maximum atomic E-state index is 13.4. The van der Waals surface area contributed by atoms with Gasteiger partial charge in [-0.2, -0.15) is 0 Å². The molecular weight excluding hydrogens is 557 g/mol. The van der Waals surface area contributed by atoms with E-state index in [-0.39, 0.29) is 29.9 Å². The molecule has 1 aromatic carbocycles. The largest absolute Gasteiger partial charge is 1.00 e. The van der Waals surface area contributed by atoms with Crippen molar-refractivity contribution in [1.82, 2.24) is 0 Å². The van der Waals surface area contributed by atoms with Crippen molar-refractivity contribution in [3.05, 3.63) is 58.3 Å². The highest BCUT2D eigenvalue weighted by Gasteiger charge is 2.51. The van der Waals surface area contributed by atoms with E-state index in [1.807, 2.05) is 17.5 Å². The zero-order chi connectivity index (χ0) is 22.9. The third kappa shape index (κ3) is 5.25. The Kier molecular flexibility index (Phi) is 8.43. The summed E-state index contributed by atoms with van der Waals surface area (Å²) >= 11 is 1.47. The number of esters is 1. The lowest BCUT2D eigenvalue weighted by Crippen LogP contribution is -3.00. The monoisotopic (exact) mass is 595 g/mol. The van der Waals surface area contributed by atoms with Crippen LogP contribution in [0.15, 0.2) is 47.8 Å². The van der Waals surface area contributed by atoms with Crippen LogP contribution in [-0.2, 0) is 21.7 Å². The van der Waals surface area contributed by atoms with Gasteiger partial charge >= 0.3 is 5.97 Å². The molecule has 1 aliphatic heterocycles. The molecule has 3 fully saturated rings. The minimum Gasteiger partial charge on any atom is -1.00 e. The highest BCUT2D eigenvalue weighted by molar-refractivity contribution is 7.10. The molecule has 0 spiro atoms. The molecule has 3 atom stereocenters. The van der Waals surface area contributed by atoms with E-state index in [2.05, 4.69) is 37.4 Å². The van der Waals surface area contributed by atoms with Crippen molar-refractivity contribution < 1.29 is 43.1 Å². The van der Waals surface area contributed by atoms with Gasteiger partial charge in [0.2, 0.25) is 0 Å². The number of nitrogens with zero attached hydrogens (tertiary/aromatic N) is 1. The predicted octanol–water partition coefficient (Wildman–Crippen LogP) is 2.37. The first-order chi connectivity index (χ1) is 16.0. The summed E-state index contributed by atoms with van der Waals surface area (Å²) in [6, 6.07) is 14.6. The van der Waals surface area contributed by atoms with Gasteiger partial charge in [0.25, 0.3) is 0 Å². The number of hydrogen-bond donors (Lipinski definition) is 1. The number of ether oxygens (including phenoxy) is 1. The summed E-state index contributed by atoms with van der Waals surface area (Å²) < 4.78 is 7.08. The molecule has 34 heavy (non-hydrogen) atoms. The third-order valence-electron chi connectivity index (χ3n) is 8.69. The molecule has 2 saturated carbocycles. The van der Waals surface area contributed by atoms with E-state index in [9.17, 15) is 9.90 Å². The van der Waals surface area contributed by atoms with Crippen LogP contribution < -0.4 is 24.0 Å². The maximum Gasteiger partial charge on any atom is 0.344 e. The summed E-state index contributed by atoms with van der Waals surface area (Å²) in [4.78, 5) is 14.2. The Labute approximate surface area is 225 Å². The molecule has 5 rings (SSSR count). The number of carbonyl (C=O) groups is 1. The second kappa shape index (κ2) is 11.0. The van der Waals surface area contributed by atoms with Gasteiger partial charge in [0.1, 0.15) is 6.54 Å². The molecule has 1 N–H and O–H groups in total. The Morgan fingerprint density at radius 2 is 1.71 bits per heavy atom. The van der Waals surface area contributed by atoms with E-state index in [4.69, 9.17) is 4.74 Å². The predicted molar refractivity (Wildman–Crippen MR) is 132 cm³/mol. The van der Waals surface area contributed by atoms with Crippen molar-refractivity contribution in [1.29, 1.82) is 0 Å². The first kappa shape index (κ1) is 26.1. The van der Waals surface area contributed by atoms with Gasteiger partial charge in [-0.3, -0.25) is 0 Å². The Hall–Kier alpha value is -0.960. The standard InChI is InChI=1S/C28H38NO3S.HI/c1-29(17-21-9-4-2-5-10-21)18-22-14-15-23(19-29)25(22)20-32-27(30)28(31,26-13-8-16-33-26)24-11-6-3-7-12-24;/h2,4-5,8-10,13,16,22-25,31H,3,6-7,11-12,14-15,17-20H2,1H3;1H/q+1;/p-1. The second-order valence-corrected chi connectivity index (χ2v) is 12.0. The lowest BCUT2D eigenvalue weighted by molar-refractivity contribution is -0.933. The second-order valence-electron chi connectivity index (χ2n) is 11.1. The van der Waals surface area contributed by atoms with Crippen LogP contribution in [0.5, 0.6) is 0 Å². The van der Waals surface area contributed by atoms with Crippen LogP contribution in [0.2, 0.25) is 0 Å². The van der Waals surface area contributed by atoms with Gasteiger partial charge in [-0.15, -0.1) is 11.3 Å². The first-order valence-corrected chi connectivity index (χ1v) is 13.7. The van der Waals surface area contributed by atoms with E-state index >= 15 is 0 Å². The number of hydrogen-bond acceptors (Lipinski definition) is 4. The smallest absolute Gasteiger partial charge is 0.344 e. The van der Waals surface area contributed by atoms with Crippen molar-refractivity contribution in [3.63, 3.8) is 0 Å². The number of fused-ring (bicyclic) bond motifs is 2. The number of halogens is 1. The van der Waals surface area contributed by atoms with Crippen LogP contribution in [0.1, 0.15) is 55.4 Å². The number of piperidine rings is 1. The normalized spacial score (nSPS) is 30.8. The summed E-state index contributed by atoms with van der Waals surface area (Å²) in [6.45, 7) is 3.82. The fourth-order valence-corrected chi connectivity index (χ4v) is 7.98. The highest BCUT2D eigenvalue weighted by Crippen LogP contribution is 2.46. The summed E-state index contributed by atoms with van der Waals surface area (Å²) in [7, 11) is 2.39. The molecule has 3 aliphatic rings. The Morgan fingerprint density at radius 3 is 2.32 bits per heavy atom. The number of benzene rings is 1. The van der Waals surface area contributed by atoms with E-state index in [0.717, 1.165) is 54.7 Å². The van der Waals surface area contributed by atoms with Crippen molar-refractivity contribution in [2.24, 2.45) is 23.7 Å². The minimum absolute atomic E-state index is 0. The van der Waals surface area contributed by atoms with Crippen LogP contribution in [0.25, 0.3) is 0 Å². The molecule has 0 amide bonds. The molecular formula is C28H38INO3S. The summed E-state index contributed by atoms with van der Waals surface area (Å²) in [5, 5.41) is 13.7. The Balaban J connectivity index is 0.00000274. The zero-order valence-electron chi connectivity index (χ0n) is 20.2. The van der Waals surface area contributed by atoms with Crippen LogP contribution in [0.4, 0.5) is 0 Å². The summed E-state index contributed by atoms with van der Waals surface area (Å²) in [5.74, 6) is 1.16. The average molecular weight is 596 g/mol. The number of likely N-dealkylation sites (tertiary alicyclic amines) is 1. The van der Waals surface area contributed by atoms with Gasteiger partial charge in [0.15, 0.2) is 5.60 Å². The lowest BCUT2D eigenvalue weighted by Gasteiger charge is -2.45. The van der Waals surface area contributed by atoms with Crippen LogP contribution in [-0.4, -0.2) is 42.3 Å². The maximum absolute atomic E-state index is 13.4. The van der Waals surface area contributed by atoms with Crippen molar-refractivity contribution in [2.75, 3.05) is 26.7 Å². The van der Waals surface area contributed by atoms with Crippen molar-refractivity contribution in [2.45, 2.75) is 57.1 Å². The molecule has 4 nitrogen and oxygen atoms in total. The molecule has 2 heterocycles. The number of carbonyl (C=O) groups excluding carboxylic acids is 1. The van der Waals surface area contributed by atoms with Crippen molar-refractivity contribution >= 4 is 17.3 Å². The van der Waals surface area contributed by atoms with Crippen LogP contribution >= 0.6 is 11.3 Å². The summed E-state index contributed by atoms with van der Waals surface area (Å²) in [6.07, 6.45) is 7.60. The van der Waals surface area contributed by atoms with E-state index < -0.39 is 11.6 Å². The van der Waals surface area contributed by atoms with E-state index in [0.29, 0.717) is 24.4 Å². The van der Waals surface area contributed by atoms with Gasteiger partial charge in [0.05, 0.1) is 26.7 Å². The topological polar surface area (TPSA) is 46.5 Å². The molecule has 0 radical (unpaired) electrons. The van der Waals surface area contributed by atoms with Crippen molar-refractivity contribution in [3.8, 4) is 0 Å². The molecule has 2 aromatic rings. The zero-order valence-corrected chi connectivity index (χ0v) is 23.2. The van der Waals surface area contributed by atoms with E-state index in [1.165, 1.54) is 36.2 Å². The van der Waals surface area contributed by atoms with Gasteiger partial charge in [-0.05, 0) is 37.1 Å². The highest BCUT2D eigenvalue weighted by atomic mass is 127. The van der Waals surface area contributed by atoms with E-state index in [1.54, 1.807) is 0 Å². The first-order valence-electron chi connectivity index (χ1n) is 12.8. The lowest BCUT2D eigenvalue weighted by atomic mass is 9.76. The molecule has 6 heteroatoms. The number of thiophene rings is 1. The quantitative estimate of drug-likeness (QED) is 0.304. The number of quaternary nitrogens is 1. The molecule has 2 aliphatic carbocycles. The minimum atomic E-state index is -1.49. The van der Waals surface area contributed by atoms with Gasteiger partial charge in [-0.1, -0.05) is 55.7 Å². The molecule has 2 bridgehead atoms. The van der Waals surface area contributed by atoms with Gasteiger partial charge in [-0.25, -0.2) is 4.79 Å². The molecule has 186 valence electrons. The van der Waals surface area contributed by atoms with Crippen LogP contribution in [0, 0.1) is 23.7 Å². The SMILES string of the molecule is C[N+]1(Cc2ccccc2)CC2CCC(C1)C2COC(=O)C(O)(c1cccs1)C1CCCCC1.[I-]. The fraction of sp³-hybridized carbons (Fsp3) is 0.607. The number of aliphatic hydroxyl groups is 1. The molecule has 1 saturated heterocycles. The summed E-state index contributed by atoms with van der Waals surface area (Å²) in [5.41, 5.74) is -0.0852. The Morgan fingerprint density at radius 1 is 1.03 bits per heavy atom. The fourth-order valence-electron chi connectivity index (χ4n) is 7.09. The van der Waals surface area contributed by atoms with Gasteiger partial charge < -0.3 is 38.3 Å². The average Bonchev–Trinajstić information content (AvgIpc) is 3.45.